The van der Waals surface area contributed by atoms with E-state index in [0.717, 1.165) is 61.3 Å². The molecule has 7 nitrogen and oxygen atoms in total. The fourth-order valence-electron chi connectivity index (χ4n) is 3.61. The van der Waals surface area contributed by atoms with Gasteiger partial charge in [0.25, 0.3) is 0 Å². The number of benzene rings is 1. The summed E-state index contributed by atoms with van der Waals surface area (Å²) in [6.45, 7) is 6.74. The number of methoxy groups -OCH3 is 2. The summed E-state index contributed by atoms with van der Waals surface area (Å²) >= 11 is 0. The van der Waals surface area contributed by atoms with Crippen molar-refractivity contribution < 1.29 is 9.47 Å². The highest BCUT2D eigenvalue weighted by atomic mass is 16.5. The maximum absolute atomic E-state index is 5.38. The fraction of sp³-hybridized carbons (Fsp3) is 0.400. The zero-order valence-electron chi connectivity index (χ0n) is 16.1. The third-order valence-electron chi connectivity index (χ3n) is 4.98. The average molecular weight is 367 g/mol. The number of piperazine rings is 1. The number of nitrogens with zero attached hydrogens (tertiary/aromatic N) is 5. The van der Waals surface area contributed by atoms with E-state index in [4.69, 9.17) is 9.47 Å². The first-order valence-electron chi connectivity index (χ1n) is 9.16. The van der Waals surface area contributed by atoms with Gasteiger partial charge in [-0.3, -0.25) is 4.90 Å². The highest BCUT2D eigenvalue weighted by Gasteiger charge is 2.20. The molecule has 0 spiro atoms. The Kier molecular flexibility index (Phi) is 4.85. The quantitative estimate of drug-likeness (QED) is 0.690. The number of rotatable bonds is 5. The zero-order chi connectivity index (χ0) is 18.8. The monoisotopic (exact) mass is 367 g/mol. The van der Waals surface area contributed by atoms with Crippen molar-refractivity contribution in [1.82, 2.24) is 19.5 Å². The minimum Gasteiger partial charge on any atom is -0.497 e. The van der Waals surface area contributed by atoms with Crippen molar-refractivity contribution in [3.05, 3.63) is 47.9 Å². The Morgan fingerprint density at radius 2 is 1.67 bits per heavy atom. The summed E-state index contributed by atoms with van der Waals surface area (Å²) in [5.74, 6) is 2.67. The van der Waals surface area contributed by atoms with E-state index in [0.29, 0.717) is 0 Å². The third-order valence-corrected chi connectivity index (χ3v) is 4.98. The molecular formula is C20H25N5O2. The van der Waals surface area contributed by atoms with E-state index in [2.05, 4.69) is 38.1 Å². The van der Waals surface area contributed by atoms with E-state index >= 15 is 0 Å². The first-order valence-corrected chi connectivity index (χ1v) is 9.16. The SMILES string of the molecule is COc1cc(CN2CCN(c3nccn4nc(C)cc34)CC2)cc(OC)c1. The second-order valence-corrected chi connectivity index (χ2v) is 6.85. The van der Waals surface area contributed by atoms with Gasteiger partial charge in [0.1, 0.15) is 17.0 Å². The maximum Gasteiger partial charge on any atom is 0.154 e. The van der Waals surface area contributed by atoms with Crippen molar-refractivity contribution >= 4 is 11.3 Å². The summed E-state index contributed by atoms with van der Waals surface area (Å²) in [5, 5.41) is 4.49. The minimum atomic E-state index is 0.829. The van der Waals surface area contributed by atoms with Crippen LogP contribution in [-0.2, 0) is 6.54 Å². The Bertz CT molecular complexity index is 909. The molecule has 2 aromatic heterocycles. The molecule has 1 saturated heterocycles. The lowest BCUT2D eigenvalue weighted by molar-refractivity contribution is 0.248. The van der Waals surface area contributed by atoms with Crippen molar-refractivity contribution in [2.45, 2.75) is 13.5 Å². The van der Waals surface area contributed by atoms with E-state index in [1.807, 2.05) is 29.9 Å². The zero-order valence-corrected chi connectivity index (χ0v) is 16.1. The van der Waals surface area contributed by atoms with Crippen LogP contribution in [0.25, 0.3) is 5.52 Å². The Balaban J connectivity index is 1.45. The molecule has 4 rings (SSSR count). The largest absolute Gasteiger partial charge is 0.497 e. The molecular weight excluding hydrogens is 342 g/mol. The van der Waals surface area contributed by atoms with Crippen LogP contribution >= 0.6 is 0 Å². The Labute approximate surface area is 159 Å². The van der Waals surface area contributed by atoms with E-state index in [1.54, 1.807) is 14.2 Å². The van der Waals surface area contributed by atoms with Gasteiger partial charge >= 0.3 is 0 Å². The molecule has 0 N–H and O–H groups in total. The molecule has 1 aliphatic rings. The average Bonchev–Trinajstić information content (AvgIpc) is 3.08. The van der Waals surface area contributed by atoms with Gasteiger partial charge in [-0.2, -0.15) is 5.10 Å². The highest BCUT2D eigenvalue weighted by molar-refractivity contribution is 5.69. The van der Waals surface area contributed by atoms with Gasteiger partial charge < -0.3 is 14.4 Å². The number of anilines is 1. The van der Waals surface area contributed by atoms with Crippen LogP contribution in [0.15, 0.2) is 36.7 Å². The van der Waals surface area contributed by atoms with E-state index in [1.165, 1.54) is 5.56 Å². The Hall–Kier alpha value is -2.80. The van der Waals surface area contributed by atoms with E-state index in [-0.39, 0.29) is 0 Å². The van der Waals surface area contributed by atoms with Crippen LogP contribution in [0.4, 0.5) is 5.82 Å². The number of aryl methyl sites for hydroxylation is 1. The smallest absolute Gasteiger partial charge is 0.154 e. The van der Waals surface area contributed by atoms with Crippen LogP contribution in [0, 0.1) is 6.92 Å². The Morgan fingerprint density at radius 1 is 0.963 bits per heavy atom. The standard InChI is InChI=1S/C20H25N5O2/c1-15-10-19-20(21-4-5-25(19)22-15)24-8-6-23(7-9-24)14-16-11-17(26-2)13-18(12-16)27-3/h4-5,10-13H,6-9,14H2,1-3H3. The van der Waals surface area contributed by atoms with Crippen molar-refractivity contribution in [3.63, 3.8) is 0 Å². The minimum absolute atomic E-state index is 0.829. The van der Waals surface area contributed by atoms with Crippen molar-refractivity contribution in [1.29, 1.82) is 0 Å². The molecule has 142 valence electrons. The van der Waals surface area contributed by atoms with Crippen molar-refractivity contribution in [2.24, 2.45) is 0 Å². The Morgan fingerprint density at radius 3 is 2.33 bits per heavy atom. The summed E-state index contributed by atoms with van der Waals surface area (Å²) in [6, 6.07) is 8.15. The summed E-state index contributed by atoms with van der Waals surface area (Å²) in [4.78, 5) is 9.41. The molecule has 0 bridgehead atoms. The van der Waals surface area contributed by atoms with Crippen molar-refractivity contribution in [2.75, 3.05) is 45.3 Å². The lowest BCUT2D eigenvalue weighted by Gasteiger charge is -2.35. The van der Waals surface area contributed by atoms with Crippen LogP contribution in [0.1, 0.15) is 11.3 Å². The van der Waals surface area contributed by atoms with Crippen LogP contribution in [0.2, 0.25) is 0 Å². The topological polar surface area (TPSA) is 55.1 Å². The van der Waals surface area contributed by atoms with Gasteiger partial charge in [0.05, 0.1) is 19.9 Å². The molecule has 0 unspecified atom stereocenters. The summed E-state index contributed by atoms with van der Waals surface area (Å²) in [7, 11) is 3.37. The second-order valence-electron chi connectivity index (χ2n) is 6.85. The first-order chi connectivity index (χ1) is 13.2. The predicted molar refractivity (Wildman–Crippen MR) is 105 cm³/mol. The molecule has 0 amide bonds. The fourth-order valence-corrected chi connectivity index (χ4v) is 3.61. The lowest BCUT2D eigenvalue weighted by Crippen LogP contribution is -2.46. The van der Waals surface area contributed by atoms with E-state index < -0.39 is 0 Å². The van der Waals surface area contributed by atoms with Gasteiger partial charge in [0, 0.05) is 51.2 Å². The van der Waals surface area contributed by atoms with Gasteiger partial charge in [-0.05, 0) is 30.7 Å². The van der Waals surface area contributed by atoms with Gasteiger partial charge in [-0.15, -0.1) is 0 Å². The summed E-state index contributed by atoms with van der Waals surface area (Å²) < 4.78 is 12.7. The van der Waals surface area contributed by atoms with Gasteiger partial charge in [0.15, 0.2) is 5.82 Å². The molecule has 0 aliphatic carbocycles. The third kappa shape index (κ3) is 3.68. The second kappa shape index (κ2) is 7.44. The summed E-state index contributed by atoms with van der Waals surface area (Å²) in [6.07, 6.45) is 3.72. The molecule has 1 aromatic carbocycles. The highest BCUT2D eigenvalue weighted by Crippen LogP contribution is 2.25. The molecule has 0 atom stereocenters. The molecule has 0 saturated carbocycles. The van der Waals surface area contributed by atoms with Crippen LogP contribution < -0.4 is 14.4 Å². The summed E-state index contributed by atoms with van der Waals surface area (Å²) in [5.41, 5.74) is 3.28. The number of hydrogen-bond donors (Lipinski definition) is 0. The van der Waals surface area contributed by atoms with Gasteiger partial charge in [-0.25, -0.2) is 9.50 Å². The molecule has 3 heterocycles. The predicted octanol–water partition coefficient (Wildman–Crippen LogP) is 2.38. The van der Waals surface area contributed by atoms with E-state index in [9.17, 15) is 0 Å². The molecule has 1 fully saturated rings. The van der Waals surface area contributed by atoms with Gasteiger partial charge in [-0.1, -0.05) is 0 Å². The molecule has 27 heavy (non-hydrogen) atoms. The van der Waals surface area contributed by atoms with Crippen LogP contribution in [-0.4, -0.2) is 59.9 Å². The van der Waals surface area contributed by atoms with Crippen LogP contribution in [0.3, 0.4) is 0 Å². The lowest BCUT2D eigenvalue weighted by atomic mass is 10.1. The number of fused-ring (bicyclic) bond motifs is 1. The number of aromatic nitrogens is 3. The van der Waals surface area contributed by atoms with Gasteiger partial charge in [0.2, 0.25) is 0 Å². The maximum atomic E-state index is 5.38. The number of hydrogen-bond acceptors (Lipinski definition) is 6. The van der Waals surface area contributed by atoms with Crippen LogP contribution in [0.5, 0.6) is 11.5 Å². The number of ether oxygens (including phenoxy) is 2. The first kappa shape index (κ1) is 17.6. The molecule has 7 heteroatoms. The molecule has 0 radical (unpaired) electrons. The molecule has 1 aliphatic heterocycles. The van der Waals surface area contributed by atoms with Crippen molar-refractivity contribution in [3.8, 4) is 11.5 Å². The normalized spacial score (nSPS) is 15.3. The molecule has 3 aromatic rings.